The lowest BCUT2D eigenvalue weighted by Gasteiger charge is -2.11. The molecule has 0 saturated heterocycles. The minimum absolute atomic E-state index is 0.429. The highest BCUT2D eigenvalue weighted by Gasteiger charge is 2.23. The lowest BCUT2D eigenvalue weighted by Crippen LogP contribution is -2.12. The van der Waals surface area contributed by atoms with Gasteiger partial charge in [0.2, 0.25) is 0 Å². The molecule has 0 aliphatic heterocycles. The van der Waals surface area contributed by atoms with Crippen molar-refractivity contribution < 1.29 is 4.79 Å². The van der Waals surface area contributed by atoms with Crippen molar-refractivity contribution >= 4 is 5.78 Å². The van der Waals surface area contributed by atoms with E-state index in [1.54, 1.807) is 6.07 Å². The first-order valence-electron chi connectivity index (χ1n) is 4.40. The Bertz CT molecular complexity index is 401. The van der Waals surface area contributed by atoms with Crippen molar-refractivity contribution in [2.45, 2.75) is 19.3 Å². The average Bonchev–Trinajstić information content (AvgIpc) is 2.18. The van der Waals surface area contributed by atoms with E-state index < -0.39 is 0 Å². The molecule has 0 fully saturated rings. The van der Waals surface area contributed by atoms with Crippen molar-refractivity contribution in [3.63, 3.8) is 0 Å². The quantitative estimate of drug-likeness (QED) is 0.550. The van der Waals surface area contributed by atoms with E-state index in [1.807, 2.05) is 12.1 Å². The third-order valence-corrected chi connectivity index (χ3v) is 2.45. The second kappa shape index (κ2) is 3.02. The van der Waals surface area contributed by atoms with Gasteiger partial charge in [-0.3, -0.25) is 4.79 Å². The zero-order valence-electron chi connectivity index (χ0n) is 7.25. The molecule has 0 spiro atoms. The van der Waals surface area contributed by atoms with E-state index in [-0.39, 0.29) is 0 Å². The molecule has 0 aromatic heterocycles. The normalized spacial score (nSPS) is 14.8. The number of fused-ring (bicyclic) bond motifs is 1. The monoisotopic (exact) mass is 172 g/mol. The van der Waals surface area contributed by atoms with Crippen LogP contribution in [0.1, 0.15) is 29.5 Å². The Labute approximate surface area is 76.8 Å². The highest BCUT2D eigenvalue weighted by Crippen LogP contribution is 2.23. The van der Waals surface area contributed by atoms with Gasteiger partial charge < -0.3 is 0 Å². The summed E-state index contributed by atoms with van der Waals surface area (Å²) < 4.78 is 0. The molecule has 0 amide bonds. The van der Waals surface area contributed by atoms with Crippen LogP contribution in [0, 0.1) is 11.3 Å². The Kier molecular flexibility index (Phi) is 1.86. The molecule has 0 radical (unpaired) electrons. The zero-order chi connectivity index (χ0) is 9.26. The van der Waals surface area contributed by atoms with Crippen LogP contribution in [0.5, 0.6) is 0 Å². The number of benzene rings is 1. The molecule has 1 aromatic carbocycles. The number of hydrogen-bond donors (Lipinski definition) is 0. The topological polar surface area (TPSA) is 45.2 Å². The summed E-state index contributed by atoms with van der Waals surface area (Å²) in [6.45, 7) is 0. The third-order valence-electron chi connectivity index (χ3n) is 2.45. The largest absolute Gasteiger partial charge is 0.323 e. The van der Waals surface area contributed by atoms with E-state index in [4.69, 9.17) is 5.26 Å². The van der Waals surface area contributed by atoms with Crippen LogP contribution in [0.4, 0.5) is 0 Å². The Morgan fingerprint density at radius 2 is 2.15 bits per heavy atom. The molecule has 13 heavy (non-hydrogen) atoms. The number of hydrogen-bond acceptors (Lipinski definition) is 1. The van der Waals surface area contributed by atoms with Crippen molar-refractivity contribution in [1.29, 1.82) is 5.26 Å². The minimum atomic E-state index is 0.429. The van der Waals surface area contributed by atoms with E-state index in [2.05, 4.69) is 6.07 Å². The fourth-order valence-electron chi connectivity index (χ4n) is 1.80. The van der Waals surface area contributed by atoms with Gasteiger partial charge in [-0.25, -0.2) is 0 Å². The van der Waals surface area contributed by atoms with Gasteiger partial charge in [-0.05, 0) is 30.5 Å². The molecule has 0 unspecified atom stereocenters. The summed E-state index contributed by atoms with van der Waals surface area (Å²) in [4.78, 5) is 9.59. The maximum absolute atomic E-state index is 9.59. The molecular formula is C11H10NO+. The van der Waals surface area contributed by atoms with Gasteiger partial charge in [0.15, 0.2) is 0 Å². The second-order valence-corrected chi connectivity index (χ2v) is 3.24. The first-order valence-corrected chi connectivity index (χ1v) is 4.40. The summed E-state index contributed by atoms with van der Waals surface area (Å²) in [6, 6.07) is 7.65. The summed E-state index contributed by atoms with van der Waals surface area (Å²) in [5, 5.41) is 8.84. The zero-order valence-corrected chi connectivity index (χ0v) is 7.25. The summed E-state index contributed by atoms with van der Waals surface area (Å²) >= 11 is 0. The molecule has 64 valence electrons. The van der Waals surface area contributed by atoms with E-state index in [1.165, 1.54) is 0 Å². The Morgan fingerprint density at radius 3 is 2.92 bits per heavy atom. The number of rotatable bonds is 0. The van der Waals surface area contributed by atoms with Crippen LogP contribution in [0.25, 0.3) is 0 Å². The van der Waals surface area contributed by atoms with Crippen molar-refractivity contribution in [1.82, 2.24) is 0 Å². The molecule has 0 heterocycles. The van der Waals surface area contributed by atoms with Crippen molar-refractivity contribution in [2.24, 2.45) is 0 Å². The fraction of sp³-hybridized carbons (Fsp3) is 0.273. The number of ketones is 1. The van der Waals surface area contributed by atoms with Crippen LogP contribution in [0.15, 0.2) is 18.2 Å². The molecule has 1 aliphatic carbocycles. The molecule has 2 nitrogen and oxygen atoms in total. The molecule has 1 aliphatic rings. The molecule has 1 N–H and O–H groups in total. The lowest BCUT2D eigenvalue weighted by atomic mass is 9.88. The number of nitriles is 1. The Hall–Kier alpha value is -1.62. The Morgan fingerprint density at radius 1 is 1.31 bits per heavy atom. The van der Waals surface area contributed by atoms with Crippen LogP contribution < -0.4 is 0 Å². The van der Waals surface area contributed by atoms with Crippen LogP contribution in [0.2, 0.25) is 0 Å². The molecule has 0 bridgehead atoms. The summed E-state index contributed by atoms with van der Waals surface area (Å²) in [5.74, 6) is 0.429. The van der Waals surface area contributed by atoms with Crippen molar-refractivity contribution in [3.05, 3.63) is 34.9 Å². The van der Waals surface area contributed by atoms with E-state index in [9.17, 15) is 4.79 Å². The van der Waals surface area contributed by atoms with Crippen LogP contribution in [-0.4, -0.2) is 10.6 Å². The standard InChI is InChI=1S/C11H9NO/c12-7-8-3-1-5-10-9(8)4-2-6-11(10)13/h1,3,5H,2,4,6H2/p+1. The molecule has 2 rings (SSSR count). The van der Waals surface area contributed by atoms with Crippen molar-refractivity contribution in [2.75, 3.05) is 0 Å². The maximum atomic E-state index is 9.59. The minimum Gasteiger partial charge on any atom is -0.278 e. The van der Waals surface area contributed by atoms with Gasteiger partial charge in [-0.15, -0.1) is 0 Å². The lowest BCUT2D eigenvalue weighted by molar-refractivity contribution is 0.642. The predicted molar refractivity (Wildman–Crippen MR) is 50.1 cm³/mol. The van der Waals surface area contributed by atoms with E-state index >= 15 is 0 Å². The Balaban J connectivity index is 2.63. The van der Waals surface area contributed by atoms with Gasteiger partial charge in [-0.1, -0.05) is 6.07 Å². The van der Waals surface area contributed by atoms with Crippen LogP contribution >= 0.6 is 0 Å². The highest BCUT2D eigenvalue weighted by molar-refractivity contribution is 5.99. The average molecular weight is 172 g/mol. The molecule has 0 saturated carbocycles. The van der Waals surface area contributed by atoms with Crippen LogP contribution in [0.3, 0.4) is 0 Å². The van der Waals surface area contributed by atoms with Gasteiger partial charge in [0.05, 0.1) is 23.6 Å². The molecule has 0 atom stereocenters. The number of carbonyl (C=O) groups excluding carboxylic acids is 1. The van der Waals surface area contributed by atoms with E-state index in [0.29, 0.717) is 11.3 Å². The van der Waals surface area contributed by atoms with Crippen LogP contribution in [-0.2, 0) is 6.42 Å². The maximum Gasteiger partial charge on any atom is 0.323 e. The van der Waals surface area contributed by atoms with Gasteiger partial charge in [-0.2, -0.15) is 5.26 Å². The highest BCUT2D eigenvalue weighted by atomic mass is 16.1. The second-order valence-electron chi connectivity index (χ2n) is 3.24. The summed E-state index contributed by atoms with van der Waals surface area (Å²) in [5.41, 5.74) is 2.57. The summed E-state index contributed by atoms with van der Waals surface area (Å²) in [6.07, 6.45) is 2.59. The number of nitrogens with zero attached hydrogens (tertiary/aromatic N) is 1. The smallest absolute Gasteiger partial charge is 0.278 e. The molecular weight excluding hydrogens is 162 g/mol. The fourth-order valence-corrected chi connectivity index (χ4v) is 1.80. The van der Waals surface area contributed by atoms with Gasteiger partial charge in [0, 0.05) is 0 Å². The first-order chi connectivity index (χ1) is 6.33. The summed E-state index contributed by atoms with van der Waals surface area (Å²) in [7, 11) is 0. The third kappa shape index (κ3) is 1.23. The SMILES string of the molecule is N#Cc1cccc2c1CCCC2=[OH+]. The van der Waals surface area contributed by atoms with E-state index in [0.717, 1.165) is 30.4 Å². The van der Waals surface area contributed by atoms with Crippen molar-refractivity contribution in [3.8, 4) is 6.07 Å². The predicted octanol–water partition coefficient (Wildman–Crippen LogP) is 1.79. The molecule has 1 aromatic rings. The van der Waals surface area contributed by atoms with Gasteiger partial charge in [0.1, 0.15) is 0 Å². The molecule has 2 heteroatoms. The first kappa shape index (κ1) is 8.00. The van der Waals surface area contributed by atoms with Gasteiger partial charge >= 0.3 is 5.78 Å². The van der Waals surface area contributed by atoms with Gasteiger partial charge in [0.25, 0.3) is 0 Å².